The Morgan fingerprint density at radius 2 is 1.78 bits per heavy atom. The molecule has 0 aliphatic carbocycles. The van der Waals surface area contributed by atoms with Gasteiger partial charge in [-0.25, -0.2) is 4.98 Å². The van der Waals surface area contributed by atoms with E-state index in [4.69, 9.17) is 0 Å². The monoisotopic (exact) mass is 313 g/mol. The molecule has 0 spiro atoms. The Balaban J connectivity index is 1.56. The molecule has 2 aromatic rings. The van der Waals surface area contributed by atoms with Crippen LogP contribution in [0, 0.1) is 20.8 Å². The number of hydrogen-bond acceptors (Lipinski definition) is 4. The molecule has 1 aliphatic rings. The summed E-state index contributed by atoms with van der Waals surface area (Å²) >= 11 is 0. The summed E-state index contributed by atoms with van der Waals surface area (Å²) in [5.41, 5.74) is 4.04. The summed E-state index contributed by atoms with van der Waals surface area (Å²) in [6, 6.07) is 7.54. The van der Waals surface area contributed by atoms with E-state index >= 15 is 0 Å². The minimum Gasteiger partial charge on any atom is -0.371 e. The van der Waals surface area contributed by atoms with Crippen LogP contribution in [0.2, 0.25) is 0 Å². The number of benzene rings is 1. The first kappa shape index (κ1) is 16.0. The number of nitrogens with one attached hydrogen (secondary N) is 2. The fourth-order valence-corrected chi connectivity index (χ4v) is 3.42. The molecular weight excluding hydrogens is 286 g/mol. The summed E-state index contributed by atoms with van der Waals surface area (Å²) in [5, 5.41) is 10.8. The molecule has 5 nitrogen and oxygen atoms in total. The standard InChI is InChI=1S/C18H27N5/c1-12-9-13(2)11-17(10-12)23-7-5-16(6-8-23)19-14(3)18-20-15(4)21-22-18/h9-11,14,16,19H,5-8H2,1-4H3,(H,20,21,22). The molecule has 1 aromatic heterocycles. The van der Waals surface area contributed by atoms with Gasteiger partial charge in [-0.3, -0.25) is 5.10 Å². The third kappa shape index (κ3) is 3.91. The Kier molecular flexibility index (Phi) is 4.66. The average molecular weight is 313 g/mol. The number of aromatic amines is 1. The highest BCUT2D eigenvalue weighted by Crippen LogP contribution is 2.23. The van der Waals surface area contributed by atoms with Crippen LogP contribution in [0.25, 0.3) is 0 Å². The predicted octanol–water partition coefficient (Wildman–Crippen LogP) is 3.05. The molecule has 2 heterocycles. The number of hydrogen-bond donors (Lipinski definition) is 2. The van der Waals surface area contributed by atoms with Gasteiger partial charge < -0.3 is 10.2 Å². The third-order valence-electron chi connectivity index (χ3n) is 4.55. The second kappa shape index (κ2) is 6.71. The van der Waals surface area contributed by atoms with Crippen molar-refractivity contribution in [1.82, 2.24) is 20.5 Å². The average Bonchev–Trinajstić information content (AvgIpc) is 2.94. The van der Waals surface area contributed by atoms with Crippen molar-refractivity contribution in [3.63, 3.8) is 0 Å². The zero-order valence-electron chi connectivity index (χ0n) is 14.6. The van der Waals surface area contributed by atoms with E-state index in [0.29, 0.717) is 6.04 Å². The van der Waals surface area contributed by atoms with Crippen molar-refractivity contribution in [3.05, 3.63) is 41.0 Å². The van der Waals surface area contributed by atoms with Crippen molar-refractivity contribution < 1.29 is 0 Å². The molecule has 0 bridgehead atoms. The van der Waals surface area contributed by atoms with Gasteiger partial charge in [-0.05, 0) is 63.8 Å². The molecule has 1 aliphatic heterocycles. The van der Waals surface area contributed by atoms with Gasteiger partial charge in [0.05, 0.1) is 6.04 Å². The topological polar surface area (TPSA) is 56.8 Å². The SMILES string of the molecule is Cc1cc(C)cc(N2CCC(NC(C)c3n[nH]c(C)n3)CC2)c1. The molecule has 1 fully saturated rings. The predicted molar refractivity (Wildman–Crippen MR) is 93.8 cm³/mol. The zero-order chi connectivity index (χ0) is 16.4. The van der Waals surface area contributed by atoms with Gasteiger partial charge in [-0.15, -0.1) is 0 Å². The molecule has 5 heteroatoms. The third-order valence-corrected chi connectivity index (χ3v) is 4.55. The molecule has 124 valence electrons. The first-order valence-electron chi connectivity index (χ1n) is 8.49. The van der Waals surface area contributed by atoms with Gasteiger partial charge in [-0.1, -0.05) is 6.07 Å². The van der Waals surface area contributed by atoms with Crippen LogP contribution < -0.4 is 10.2 Å². The highest BCUT2D eigenvalue weighted by atomic mass is 15.2. The first-order chi connectivity index (χ1) is 11.0. The molecule has 2 N–H and O–H groups in total. The maximum absolute atomic E-state index is 4.42. The van der Waals surface area contributed by atoms with Crippen molar-refractivity contribution in [2.24, 2.45) is 0 Å². The van der Waals surface area contributed by atoms with Gasteiger partial charge in [0, 0.05) is 24.8 Å². The zero-order valence-corrected chi connectivity index (χ0v) is 14.6. The minimum atomic E-state index is 0.192. The number of aryl methyl sites for hydroxylation is 3. The van der Waals surface area contributed by atoms with Gasteiger partial charge in [0.25, 0.3) is 0 Å². The molecule has 23 heavy (non-hydrogen) atoms. The molecule has 1 atom stereocenters. The molecule has 0 saturated carbocycles. The minimum absolute atomic E-state index is 0.192. The lowest BCUT2D eigenvalue weighted by Crippen LogP contribution is -2.43. The number of anilines is 1. The quantitative estimate of drug-likeness (QED) is 0.911. The fraction of sp³-hybridized carbons (Fsp3) is 0.556. The van der Waals surface area contributed by atoms with E-state index in [1.165, 1.54) is 16.8 Å². The van der Waals surface area contributed by atoms with Crippen LogP contribution in [0.4, 0.5) is 5.69 Å². The second-order valence-electron chi connectivity index (χ2n) is 6.77. The smallest absolute Gasteiger partial charge is 0.167 e. The van der Waals surface area contributed by atoms with Crippen molar-refractivity contribution in [1.29, 1.82) is 0 Å². The number of nitrogens with zero attached hydrogens (tertiary/aromatic N) is 3. The first-order valence-corrected chi connectivity index (χ1v) is 8.49. The summed E-state index contributed by atoms with van der Waals surface area (Å²) in [6.07, 6.45) is 2.31. The fourth-order valence-electron chi connectivity index (χ4n) is 3.42. The molecule has 3 rings (SSSR count). The maximum Gasteiger partial charge on any atom is 0.167 e. The molecular formula is C18H27N5. The molecule has 1 aromatic carbocycles. The number of piperidine rings is 1. The van der Waals surface area contributed by atoms with Gasteiger partial charge in [0.15, 0.2) is 5.82 Å². The van der Waals surface area contributed by atoms with E-state index in [1.807, 2.05) is 6.92 Å². The van der Waals surface area contributed by atoms with Gasteiger partial charge in [0.1, 0.15) is 5.82 Å². The van der Waals surface area contributed by atoms with Gasteiger partial charge in [0.2, 0.25) is 0 Å². The summed E-state index contributed by atoms with van der Waals surface area (Å²) in [7, 11) is 0. The van der Waals surface area contributed by atoms with E-state index in [-0.39, 0.29) is 6.04 Å². The highest BCUT2D eigenvalue weighted by Gasteiger charge is 2.22. The summed E-state index contributed by atoms with van der Waals surface area (Å²) in [4.78, 5) is 6.92. The second-order valence-corrected chi connectivity index (χ2v) is 6.77. The summed E-state index contributed by atoms with van der Waals surface area (Å²) < 4.78 is 0. The van der Waals surface area contributed by atoms with Crippen molar-refractivity contribution in [3.8, 4) is 0 Å². The van der Waals surface area contributed by atoms with E-state index < -0.39 is 0 Å². The van der Waals surface area contributed by atoms with E-state index in [0.717, 1.165) is 37.6 Å². The Bertz CT molecular complexity index is 635. The summed E-state index contributed by atoms with van der Waals surface area (Å²) in [5.74, 6) is 1.73. The van der Waals surface area contributed by atoms with Crippen molar-refractivity contribution >= 4 is 5.69 Å². The maximum atomic E-state index is 4.42. The Labute approximate surface area is 138 Å². The van der Waals surface area contributed by atoms with E-state index in [1.54, 1.807) is 0 Å². The van der Waals surface area contributed by atoms with E-state index in [9.17, 15) is 0 Å². The van der Waals surface area contributed by atoms with Crippen molar-refractivity contribution in [2.75, 3.05) is 18.0 Å². The Hall–Kier alpha value is -1.88. The lowest BCUT2D eigenvalue weighted by Gasteiger charge is -2.35. The Morgan fingerprint density at radius 3 is 2.35 bits per heavy atom. The Morgan fingerprint density at radius 1 is 1.13 bits per heavy atom. The van der Waals surface area contributed by atoms with Crippen LogP contribution in [0.15, 0.2) is 18.2 Å². The number of aromatic nitrogens is 3. The molecule has 1 saturated heterocycles. The lowest BCUT2D eigenvalue weighted by atomic mass is 10.0. The van der Waals surface area contributed by atoms with Gasteiger partial charge in [-0.2, -0.15) is 5.10 Å². The van der Waals surface area contributed by atoms with E-state index in [2.05, 4.69) is 64.4 Å². The summed E-state index contributed by atoms with van der Waals surface area (Å²) in [6.45, 7) is 10.6. The molecule has 0 radical (unpaired) electrons. The number of H-pyrrole nitrogens is 1. The molecule has 1 unspecified atom stereocenters. The van der Waals surface area contributed by atoms with Crippen LogP contribution in [0.3, 0.4) is 0 Å². The van der Waals surface area contributed by atoms with Crippen LogP contribution in [-0.4, -0.2) is 34.3 Å². The van der Waals surface area contributed by atoms with Crippen LogP contribution in [0.1, 0.15) is 48.6 Å². The van der Waals surface area contributed by atoms with Crippen LogP contribution in [-0.2, 0) is 0 Å². The number of rotatable bonds is 4. The normalized spacial score (nSPS) is 17.5. The van der Waals surface area contributed by atoms with Gasteiger partial charge >= 0.3 is 0 Å². The van der Waals surface area contributed by atoms with Crippen LogP contribution >= 0.6 is 0 Å². The lowest BCUT2D eigenvalue weighted by molar-refractivity contribution is 0.374. The molecule has 0 amide bonds. The van der Waals surface area contributed by atoms with Crippen molar-refractivity contribution in [2.45, 2.75) is 52.6 Å². The van der Waals surface area contributed by atoms with Crippen LogP contribution in [0.5, 0.6) is 0 Å². The largest absolute Gasteiger partial charge is 0.371 e. The highest BCUT2D eigenvalue weighted by molar-refractivity contribution is 5.51.